The van der Waals surface area contributed by atoms with Crippen LogP contribution < -0.4 is 9.46 Å². The molecule has 30 heavy (non-hydrogen) atoms. The number of ether oxygens (including phenoxy) is 1. The molecule has 152 valence electrons. The predicted molar refractivity (Wildman–Crippen MR) is 116 cm³/mol. The van der Waals surface area contributed by atoms with Crippen LogP contribution in [0.1, 0.15) is 5.56 Å². The molecule has 0 aliphatic heterocycles. The van der Waals surface area contributed by atoms with Crippen molar-refractivity contribution in [3.8, 4) is 15.5 Å². The quantitative estimate of drug-likeness (QED) is 0.417. The third-order valence-corrected chi connectivity index (χ3v) is 6.98. The molecular weight excluding hydrogens is 424 g/mol. The maximum absolute atomic E-state index is 12.9. The van der Waals surface area contributed by atoms with Gasteiger partial charge in [-0.3, -0.25) is 9.71 Å². The van der Waals surface area contributed by atoms with E-state index in [1.54, 1.807) is 37.4 Å². The second-order valence-corrected chi connectivity index (χ2v) is 9.10. The highest BCUT2D eigenvalue weighted by Gasteiger charge is 2.23. The fourth-order valence-corrected chi connectivity index (χ4v) is 5.44. The molecule has 2 aromatic heterocycles. The van der Waals surface area contributed by atoms with E-state index in [1.165, 1.54) is 6.07 Å². The molecule has 0 aliphatic carbocycles. The number of para-hydroxylation sites is 1. The van der Waals surface area contributed by atoms with Crippen LogP contribution in [-0.4, -0.2) is 24.7 Å². The summed E-state index contributed by atoms with van der Waals surface area (Å²) in [6.07, 6.45) is 0.131. The number of anilines is 1. The van der Waals surface area contributed by atoms with Crippen LogP contribution in [0, 0.1) is 6.92 Å². The van der Waals surface area contributed by atoms with Crippen LogP contribution in [0.2, 0.25) is 0 Å². The highest BCUT2D eigenvalue weighted by atomic mass is 32.2. The number of nitrogens with zero attached hydrogens (tertiary/aromatic N) is 1. The van der Waals surface area contributed by atoms with Crippen molar-refractivity contribution in [2.24, 2.45) is 0 Å². The summed E-state index contributed by atoms with van der Waals surface area (Å²) >= 11 is 1.03. The summed E-state index contributed by atoms with van der Waals surface area (Å²) in [5, 5.41) is 9.94. The van der Waals surface area contributed by atoms with Crippen molar-refractivity contribution in [2.45, 2.75) is 11.8 Å². The van der Waals surface area contributed by atoms with Gasteiger partial charge in [0.1, 0.15) is 5.69 Å². The smallest absolute Gasteiger partial charge is 0.449 e. The van der Waals surface area contributed by atoms with Crippen LogP contribution in [-0.2, 0) is 10.0 Å². The Labute approximate surface area is 176 Å². The van der Waals surface area contributed by atoms with Gasteiger partial charge in [0.15, 0.2) is 0 Å². The summed E-state index contributed by atoms with van der Waals surface area (Å²) < 4.78 is 33.1. The number of thiophene rings is 1. The second kappa shape index (κ2) is 7.77. The minimum atomic E-state index is -3.95. The van der Waals surface area contributed by atoms with E-state index >= 15 is 0 Å². The number of hydrogen-bond acceptors (Lipinski definition) is 6. The second-order valence-electron chi connectivity index (χ2n) is 6.43. The van der Waals surface area contributed by atoms with Crippen molar-refractivity contribution >= 4 is 44.1 Å². The number of aryl methyl sites for hydroxylation is 1. The molecule has 9 heteroatoms. The minimum Gasteiger partial charge on any atom is -0.449 e. The molecule has 2 aromatic carbocycles. The van der Waals surface area contributed by atoms with Crippen molar-refractivity contribution in [3.05, 3.63) is 72.4 Å². The third kappa shape index (κ3) is 3.85. The Kier molecular flexibility index (Phi) is 5.15. The van der Waals surface area contributed by atoms with Crippen molar-refractivity contribution in [1.29, 1.82) is 0 Å². The van der Waals surface area contributed by atoms with E-state index < -0.39 is 16.2 Å². The van der Waals surface area contributed by atoms with Gasteiger partial charge < -0.3 is 9.84 Å². The fourth-order valence-electron chi connectivity index (χ4n) is 3.09. The largest absolute Gasteiger partial charge is 0.512 e. The summed E-state index contributed by atoms with van der Waals surface area (Å²) in [5.74, 6) is 0. The van der Waals surface area contributed by atoms with E-state index in [0.717, 1.165) is 27.8 Å². The van der Waals surface area contributed by atoms with Gasteiger partial charge in [0.2, 0.25) is 5.06 Å². The zero-order valence-corrected chi connectivity index (χ0v) is 17.3. The van der Waals surface area contributed by atoms with Gasteiger partial charge in [-0.05, 0) is 30.7 Å². The van der Waals surface area contributed by atoms with Gasteiger partial charge in [-0.1, -0.05) is 53.8 Å². The minimum absolute atomic E-state index is 0.0496. The lowest BCUT2D eigenvalue weighted by Crippen LogP contribution is -2.15. The van der Waals surface area contributed by atoms with Gasteiger partial charge in [-0.2, -0.15) is 0 Å². The highest BCUT2D eigenvalue weighted by Crippen LogP contribution is 2.43. The monoisotopic (exact) mass is 440 g/mol. The molecule has 0 fully saturated rings. The predicted octanol–water partition coefficient (Wildman–Crippen LogP) is 5.13. The SMILES string of the molecule is Cc1ccccc1S(=O)(=O)Nc1cc(-c2cccc3cccnc23)sc1OC(=O)O. The lowest BCUT2D eigenvalue weighted by Gasteiger charge is -2.10. The normalized spacial score (nSPS) is 11.4. The van der Waals surface area contributed by atoms with Crippen LogP contribution in [0.15, 0.2) is 71.8 Å². The molecule has 0 spiro atoms. The number of fused-ring (bicyclic) bond motifs is 1. The van der Waals surface area contributed by atoms with Gasteiger partial charge >= 0.3 is 6.16 Å². The molecule has 2 heterocycles. The van der Waals surface area contributed by atoms with E-state index in [1.807, 2.05) is 30.3 Å². The van der Waals surface area contributed by atoms with Crippen LogP contribution in [0.3, 0.4) is 0 Å². The summed E-state index contributed by atoms with van der Waals surface area (Å²) in [5.41, 5.74) is 2.08. The highest BCUT2D eigenvalue weighted by molar-refractivity contribution is 7.92. The molecule has 2 N–H and O–H groups in total. The molecule has 0 saturated carbocycles. The first kappa shape index (κ1) is 19.9. The standard InChI is InChI=1S/C21H16N2O5S2/c1-13-6-2-3-10-18(13)30(26,27)23-16-12-17(29-20(16)28-21(24)25)15-9-4-7-14-8-5-11-22-19(14)15/h2-12,23H,1H3,(H,24,25). The van der Waals surface area contributed by atoms with Crippen molar-refractivity contribution in [2.75, 3.05) is 4.72 Å². The van der Waals surface area contributed by atoms with E-state index in [9.17, 15) is 13.2 Å². The number of rotatable bonds is 5. The lowest BCUT2D eigenvalue weighted by atomic mass is 10.1. The summed E-state index contributed by atoms with van der Waals surface area (Å²) in [7, 11) is -3.95. The van der Waals surface area contributed by atoms with E-state index in [4.69, 9.17) is 9.84 Å². The Hall–Kier alpha value is -3.43. The first-order valence-corrected chi connectivity index (χ1v) is 11.1. The molecule has 0 atom stereocenters. The number of benzene rings is 2. The van der Waals surface area contributed by atoms with Crippen molar-refractivity contribution in [3.63, 3.8) is 0 Å². The average molecular weight is 441 g/mol. The Morgan fingerprint density at radius 3 is 2.63 bits per heavy atom. The Morgan fingerprint density at radius 1 is 1.10 bits per heavy atom. The van der Waals surface area contributed by atoms with Crippen molar-refractivity contribution < 1.29 is 23.1 Å². The number of sulfonamides is 1. The van der Waals surface area contributed by atoms with Crippen LogP contribution in [0.4, 0.5) is 10.5 Å². The maximum Gasteiger partial charge on any atom is 0.512 e. The van der Waals surface area contributed by atoms with E-state index in [2.05, 4.69) is 9.71 Å². The summed E-state index contributed by atoms with van der Waals surface area (Å²) in [6, 6.07) is 17.4. The molecular formula is C21H16N2O5S2. The third-order valence-electron chi connectivity index (χ3n) is 4.40. The number of nitrogens with one attached hydrogen (secondary N) is 1. The van der Waals surface area contributed by atoms with Gasteiger partial charge in [-0.25, -0.2) is 13.2 Å². The van der Waals surface area contributed by atoms with Gasteiger partial charge in [0.25, 0.3) is 10.0 Å². The number of aromatic nitrogens is 1. The molecule has 0 aliphatic rings. The van der Waals surface area contributed by atoms with Crippen LogP contribution in [0.25, 0.3) is 21.3 Å². The van der Waals surface area contributed by atoms with Gasteiger partial charge in [0, 0.05) is 22.0 Å². The molecule has 0 radical (unpaired) electrons. The zero-order valence-electron chi connectivity index (χ0n) is 15.7. The molecule has 0 amide bonds. The fraction of sp³-hybridized carbons (Fsp3) is 0.0476. The Balaban J connectivity index is 1.81. The first-order valence-electron chi connectivity index (χ1n) is 8.82. The number of carboxylic acid groups (broad SMARTS) is 1. The van der Waals surface area contributed by atoms with Crippen LogP contribution >= 0.6 is 11.3 Å². The van der Waals surface area contributed by atoms with E-state index in [0.29, 0.717) is 10.4 Å². The van der Waals surface area contributed by atoms with E-state index in [-0.39, 0.29) is 15.6 Å². The number of hydrogen-bond donors (Lipinski definition) is 2. The molecule has 4 rings (SSSR count). The zero-order chi connectivity index (χ0) is 21.3. The molecule has 0 bridgehead atoms. The first-order chi connectivity index (χ1) is 14.3. The number of pyridine rings is 1. The average Bonchev–Trinajstić information content (AvgIpc) is 3.08. The summed E-state index contributed by atoms with van der Waals surface area (Å²) in [4.78, 5) is 16.3. The molecule has 0 unspecified atom stereocenters. The summed E-state index contributed by atoms with van der Waals surface area (Å²) in [6.45, 7) is 1.68. The number of carbonyl (C=O) groups is 1. The molecule has 0 saturated heterocycles. The molecule has 4 aromatic rings. The molecule has 7 nitrogen and oxygen atoms in total. The topological polar surface area (TPSA) is 106 Å². The lowest BCUT2D eigenvalue weighted by molar-refractivity contribution is 0.146. The Morgan fingerprint density at radius 2 is 1.87 bits per heavy atom. The van der Waals surface area contributed by atoms with Crippen molar-refractivity contribution in [1.82, 2.24) is 4.98 Å². The maximum atomic E-state index is 12.9. The Bertz CT molecular complexity index is 1360. The van der Waals surface area contributed by atoms with Crippen LogP contribution in [0.5, 0.6) is 5.06 Å². The van der Waals surface area contributed by atoms with Gasteiger partial charge in [0.05, 0.1) is 10.4 Å². The van der Waals surface area contributed by atoms with Gasteiger partial charge in [-0.15, -0.1) is 0 Å².